The lowest BCUT2D eigenvalue weighted by Gasteiger charge is -2.18. The van der Waals surface area contributed by atoms with E-state index in [1.807, 2.05) is 0 Å². The largest absolute Gasteiger partial charge is 0.397 e. The van der Waals surface area contributed by atoms with E-state index in [4.69, 9.17) is 5.73 Å². The molecule has 2 amide bonds. The minimum Gasteiger partial charge on any atom is -0.397 e. The van der Waals surface area contributed by atoms with Crippen molar-refractivity contribution in [3.63, 3.8) is 0 Å². The highest BCUT2D eigenvalue weighted by Gasteiger charge is 2.32. The Morgan fingerprint density at radius 2 is 2.24 bits per heavy atom. The van der Waals surface area contributed by atoms with Crippen molar-refractivity contribution < 1.29 is 14.0 Å². The standard InChI is InChI=1S/C15H20FN3O2/c1-9(2)10-5-15(21)19(7-10)8-14(20)18-13-6-11(16)3-4-12(13)17/h3-4,6,9-10H,5,7-8,17H2,1-2H3,(H,18,20). The number of carbonyl (C=O) groups excluding carboxylic acids is 2. The average Bonchev–Trinajstić information content (AvgIpc) is 2.75. The molecule has 6 heteroatoms. The van der Waals surface area contributed by atoms with Crippen LogP contribution >= 0.6 is 0 Å². The molecule has 1 aliphatic heterocycles. The highest BCUT2D eigenvalue weighted by Crippen LogP contribution is 2.25. The molecule has 1 aromatic rings. The Bertz CT molecular complexity index is 560. The van der Waals surface area contributed by atoms with Gasteiger partial charge in [-0.2, -0.15) is 0 Å². The lowest BCUT2D eigenvalue weighted by Crippen LogP contribution is -2.34. The summed E-state index contributed by atoms with van der Waals surface area (Å²) in [5.41, 5.74) is 6.19. The lowest BCUT2D eigenvalue weighted by molar-refractivity contribution is -0.131. The summed E-state index contributed by atoms with van der Waals surface area (Å²) >= 11 is 0. The molecule has 0 radical (unpaired) electrons. The first-order valence-electron chi connectivity index (χ1n) is 6.99. The summed E-state index contributed by atoms with van der Waals surface area (Å²) in [7, 11) is 0. The van der Waals surface area contributed by atoms with Crippen LogP contribution < -0.4 is 11.1 Å². The molecule has 0 saturated carbocycles. The molecular weight excluding hydrogens is 273 g/mol. The number of nitrogens with two attached hydrogens (primary N) is 1. The molecule has 21 heavy (non-hydrogen) atoms. The first-order chi connectivity index (χ1) is 9.86. The molecule has 1 atom stereocenters. The van der Waals surface area contributed by atoms with E-state index in [1.165, 1.54) is 17.0 Å². The molecule has 1 unspecified atom stereocenters. The smallest absolute Gasteiger partial charge is 0.244 e. The number of likely N-dealkylation sites (tertiary alicyclic amines) is 1. The van der Waals surface area contributed by atoms with Gasteiger partial charge in [0.1, 0.15) is 5.82 Å². The van der Waals surface area contributed by atoms with Crippen LogP contribution in [0.15, 0.2) is 18.2 Å². The third-order valence-corrected chi connectivity index (χ3v) is 3.81. The maximum Gasteiger partial charge on any atom is 0.244 e. The van der Waals surface area contributed by atoms with Gasteiger partial charge < -0.3 is 16.0 Å². The van der Waals surface area contributed by atoms with Gasteiger partial charge in [-0.25, -0.2) is 4.39 Å². The van der Waals surface area contributed by atoms with E-state index in [2.05, 4.69) is 19.2 Å². The zero-order valence-corrected chi connectivity index (χ0v) is 12.2. The number of benzene rings is 1. The molecule has 3 N–H and O–H groups in total. The van der Waals surface area contributed by atoms with Crippen LogP contribution in [0.1, 0.15) is 20.3 Å². The Morgan fingerprint density at radius 1 is 1.52 bits per heavy atom. The van der Waals surface area contributed by atoms with Crippen LogP contribution in [-0.4, -0.2) is 29.8 Å². The Balaban J connectivity index is 1.96. The molecular formula is C15H20FN3O2. The van der Waals surface area contributed by atoms with Crippen molar-refractivity contribution in [3.05, 3.63) is 24.0 Å². The molecule has 1 saturated heterocycles. The summed E-state index contributed by atoms with van der Waals surface area (Å²) < 4.78 is 13.1. The molecule has 1 heterocycles. The van der Waals surface area contributed by atoms with E-state index in [-0.39, 0.29) is 35.7 Å². The number of nitrogens with one attached hydrogen (secondary N) is 1. The van der Waals surface area contributed by atoms with Crippen LogP contribution in [0.3, 0.4) is 0 Å². The number of hydrogen-bond acceptors (Lipinski definition) is 3. The van der Waals surface area contributed by atoms with E-state index >= 15 is 0 Å². The topological polar surface area (TPSA) is 75.4 Å². The van der Waals surface area contributed by atoms with E-state index in [0.717, 1.165) is 6.07 Å². The Hall–Kier alpha value is -2.11. The second-order valence-electron chi connectivity index (χ2n) is 5.76. The summed E-state index contributed by atoms with van der Waals surface area (Å²) in [6.45, 7) is 4.69. The minimum atomic E-state index is -0.475. The third-order valence-electron chi connectivity index (χ3n) is 3.81. The lowest BCUT2D eigenvalue weighted by atomic mass is 9.95. The van der Waals surface area contributed by atoms with Gasteiger partial charge in [0.25, 0.3) is 0 Å². The second kappa shape index (κ2) is 6.11. The first-order valence-corrected chi connectivity index (χ1v) is 6.99. The maximum atomic E-state index is 13.1. The number of rotatable bonds is 4. The van der Waals surface area contributed by atoms with Gasteiger partial charge >= 0.3 is 0 Å². The van der Waals surface area contributed by atoms with Crippen LogP contribution in [-0.2, 0) is 9.59 Å². The van der Waals surface area contributed by atoms with Crippen molar-refractivity contribution >= 4 is 23.2 Å². The molecule has 1 aliphatic rings. The number of nitrogens with zero attached hydrogens (tertiary/aromatic N) is 1. The predicted octanol–water partition coefficient (Wildman–Crippen LogP) is 1.85. The Kier molecular flexibility index (Phi) is 4.45. The SMILES string of the molecule is CC(C)C1CC(=O)N(CC(=O)Nc2cc(F)ccc2N)C1. The fraction of sp³-hybridized carbons (Fsp3) is 0.467. The maximum absolute atomic E-state index is 13.1. The van der Waals surface area contributed by atoms with E-state index in [0.29, 0.717) is 18.9 Å². The van der Waals surface area contributed by atoms with Gasteiger partial charge in [-0.1, -0.05) is 13.8 Å². The van der Waals surface area contributed by atoms with Gasteiger partial charge in [-0.15, -0.1) is 0 Å². The zero-order chi connectivity index (χ0) is 15.6. The van der Waals surface area contributed by atoms with Gasteiger partial charge in [0.05, 0.1) is 17.9 Å². The van der Waals surface area contributed by atoms with Crippen molar-refractivity contribution in [1.82, 2.24) is 4.90 Å². The molecule has 0 bridgehead atoms. The second-order valence-corrected chi connectivity index (χ2v) is 5.76. The van der Waals surface area contributed by atoms with Gasteiger partial charge in [0.15, 0.2) is 0 Å². The molecule has 1 aromatic carbocycles. The first kappa shape index (κ1) is 15.3. The molecule has 0 aromatic heterocycles. The normalized spacial score (nSPS) is 18.4. The quantitative estimate of drug-likeness (QED) is 0.832. The zero-order valence-electron chi connectivity index (χ0n) is 12.2. The van der Waals surface area contributed by atoms with Crippen molar-refractivity contribution in [3.8, 4) is 0 Å². The predicted molar refractivity (Wildman–Crippen MR) is 79.0 cm³/mol. The number of amides is 2. The van der Waals surface area contributed by atoms with Crippen LogP contribution in [0.25, 0.3) is 0 Å². The molecule has 114 valence electrons. The van der Waals surface area contributed by atoms with Crippen molar-refractivity contribution in [1.29, 1.82) is 0 Å². The summed E-state index contributed by atoms with van der Waals surface area (Å²) in [6, 6.07) is 3.78. The van der Waals surface area contributed by atoms with Crippen molar-refractivity contribution in [2.24, 2.45) is 11.8 Å². The van der Waals surface area contributed by atoms with E-state index in [9.17, 15) is 14.0 Å². The minimum absolute atomic E-state index is 0.0175. The van der Waals surface area contributed by atoms with Crippen LogP contribution in [0.5, 0.6) is 0 Å². The summed E-state index contributed by atoms with van der Waals surface area (Å²) in [5.74, 6) is -0.178. The van der Waals surface area contributed by atoms with E-state index < -0.39 is 5.82 Å². The Labute approximate surface area is 123 Å². The third kappa shape index (κ3) is 3.71. The monoisotopic (exact) mass is 293 g/mol. The van der Waals surface area contributed by atoms with Crippen LogP contribution in [0.2, 0.25) is 0 Å². The molecule has 1 fully saturated rings. The summed E-state index contributed by atoms with van der Waals surface area (Å²) in [4.78, 5) is 25.4. The summed E-state index contributed by atoms with van der Waals surface area (Å²) in [5, 5.41) is 2.54. The average molecular weight is 293 g/mol. The van der Waals surface area contributed by atoms with Gasteiger partial charge in [-0.05, 0) is 30.0 Å². The van der Waals surface area contributed by atoms with Crippen molar-refractivity contribution in [2.75, 3.05) is 24.1 Å². The van der Waals surface area contributed by atoms with E-state index in [1.54, 1.807) is 0 Å². The number of anilines is 2. The van der Waals surface area contributed by atoms with Crippen molar-refractivity contribution in [2.45, 2.75) is 20.3 Å². The molecule has 0 spiro atoms. The highest BCUT2D eigenvalue weighted by molar-refractivity contribution is 5.97. The number of hydrogen-bond donors (Lipinski definition) is 2. The number of nitrogen functional groups attached to an aromatic ring is 1. The van der Waals surface area contributed by atoms with Gasteiger partial charge in [-0.3, -0.25) is 9.59 Å². The van der Waals surface area contributed by atoms with Gasteiger partial charge in [0, 0.05) is 13.0 Å². The van der Waals surface area contributed by atoms with Crippen LogP contribution in [0.4, 0.5) is 15.8 Å². The molecule has 0 aliphatic carbocycles. The molecule has 2 rings (SSSR count). The fourth-order valence-corrected chi connectivity index (χ4v) is 2.40. The number of halogens is 1. The highest BCUT2D eigenvalue weighted by atomic mass is 19.1. The Morgan fingerprint density at radius 3 is 2.86 bits per heavy atom. The summed E-state index contributed by atoms with van der Waals surface area (Å²) in [6.07, 6.45) is 0.479. The fourth-order valence-electron chi connectivity index (χ4n) is 2.40. The van der Waals surface area contributed by atoms with Gasteiger partial charge in [0.2, 0.25) is 11.8 Å². The number of carbonyl (C=O) groups is 2. The molecule has 5 nitrogen and oxygen atoms in total. The van der Waals surface area contributed by atoms with Crippen LogP contribution in [0, 0.1) is 17.7 Å².